The number of nitrogens with zero attached hydrogens (tertiary/aromatic N) is 2. The van der Waals surface area contributed by atoms with Crippen molar-refractivity contribution in [3.8, 4) is 11.6 Å². The lowest BCUT2D eigenvalue weighted by Crippen LogP contribution is -2.30. The Morgan fingerprint density at radius 1 is 1.18 bits per heavy atom. The monoisotopic (exact) mass is 383 g/mol. The molecule has 1 aromatic heterocycles. The zero-order valence-electron chi connectivity index (χ0n) is 15.0. The molecular formula is C20H18FN3O4. The van der Waals surface area contributed by atoms with Gasteiger partial charge in [0.1, 0.15) is 11.5 Å². The van der Waals surface area contributed by atoms with Gasteiger partial charge in [0.25, 0.3) is 5.91 Å². The molecule has 0 spiro atoms. The largest absolute Gasteiger partial charge is 0.493 e. The van der Waals surface area contributed by atoms with Gasteiger partial charge in [-0.2, -0.15) is 9.78 Å². The molecule has 1 amide bonds. The van der Waals surface area contributed by atoms with Crippen LogP contribution in [0.3, 0.4) is 0 Å². The maximum absolute atomic E-state index is 13.9. The highest BCUT2D eigenvalue weighted by atomic mass is 19.1. The van der Waals surface area contributed by atoms with Crippen LogP contribution in [0.4, 0.5) is 4.39 Å². The third kappa shape index (κ3) is 4.17. The van der Waals surface area contributed by atoms with E-state index in [1.54, 1.807) is 24.3 Å². The molecule has 1 heterocycles. The fourth-order valence-corrected chi connectivity index (χ4v) is 2.83. The summed E-state index contributed by atoms with van der Waals surface area (Å²) in [4.78, 5) is 23.8. The number of aryl methyl sites for hydroxylation is 1. The first-order valence-electron chi connectivity index (χ1n) is 8.48. The number of carbonyl (C=O) groups is 2. The van der Waals surface area contributed by atoms with E-state index >= 15 is 0 Å². The molecule has 0 aliphatic heterocycles. The van der Waals surface area contributed by atoms with Crippen molar-refractivity contribution in [3.05, 3.63) is 77.2 Å². The number of halogens is 1. The third-order valence-corrected chi connectivity index (χ3v) is 4.13. The van der Waals surface area contributed by atoms with Gasteiger partial charge < -0.3 is 15.5 Å². The molecule has 0 saturated heterocycles. The zero-order valence-corrected chi connectivity index (χ0v) is 15.0. The first-order chi connectivity index (χ1) is 13.3. The number of aromatic hydroxyl groups is 1. The topological polar surface area (TPSA) is 104 Å². The van der Waals surface area contributed by atoms with Crippen LogP contribution in [0.15, 0.2) is 54.6 Å². The van der Waals surface area contributed by atoms with Crippen molar-refractivity contribution in [1.82, 2.24) is 15.1 Å². The first-order valence-corrected chi connectivity index (χ1v) is 8.48. The molecule has 0 radical (unpaired) electrons. The van der Waals surface area contributed by atoms with E-state index in [2.05, 4.69) is 10.4 Å². The summed E-state index contributed by atoms with van der Waals surface area (Å²) in [5.74, 6) is -2.79. The Labute approximate surface area is 160 Å². The molecule has 0 bridgehead atoms. The molecule has 2 aromatic carbocycles. The average molecular weight is 383 g/mol. The Hall–Kier alpha value is -3.68. The minimum absolute atomic E-state index is 0.0141. The lowest BCUT2D eigenvalue weighted by Gasteiger charge is -2.17. The minimum Gasteiger partial charge on any atom is -0.493 e. The van der Waals surface area contributed by atoms with Crippen LogP contribution in [0.5, 0.6) is 5.88 Å². The Morgan fingerprint density at radius 2 is 1.93 bits per heavy atom. The van der Waals surface area contributed by atoms with Crippen LogP contribution in [0.1, 0.15) is 34.1 Å². The maximum atomic E-state index is 13.9. The number of benzene rings is 2. The molecule has 1 atom stereocenters. The van der Waals surface area contributed by atoms with Gasteiger partial charge in [-0.05, 0) is 24.6 Å². The van der Waals surface area contributed by atoms with Gasteiger partial charge in [-0.1, -0.05) is 42.0 Å². The van der Waals surface area contributed by atoms with Gasteiger partial charge in [-0.25, -0.2) is 4.39 Å². The SMILES string of the molecule is Cc1cccc([C@H](CC(=O)O)NC(=O)c2cc(O)n(-c3ccccc3F)n2)c1. The Bertz CT molecular complexity index is 1030. The molecule has 0 aliphatic rings. The minimum atomic E-state index is -1.08. The van der Waals surface area contributed by atoms with Crippen molar-refractivity contribution < 1.29 is 24.2 Å². The van der Waals surface area contributed by atoms with E-state index in [9.17, 15) is 24.2 Å². The number of rotatable bonds is 6. The molecular weight excluding hydrogens is 365 g/mol. The molecule has 3 N–H and O–H groups in total. The van der Waals surface area contributed by atoms with E-state index in [-0.39, 0.29) is 17.8 Å². The summed E-state index contributed by atoms with van der Waals surface area (Å²) in [5.41, 5.74) is 1.38. The van der Waals surface area contributed by atoms with Crippen LogP contribution in [-0.2, 0) is 4.79 Å². The van der Waals surface area contributed by atoms with Crippen LogP contribution >= 0.6 is 0 Å². The summed E-state index contributed by atoms with van der Waals surface area (Å²) in [7, 11) is 0. The smallest absolute Gasteiger partial charge is 0.305 e. The number of nitrogens with one attached hydrogen (secondary N) is 1. The molecule has 3 aromatic rings. The van der Waals surface area contributed by atoms with E-state index in [1.165, 1.54) is 18.2 Å². The van der Waals surface area contributed by atoms with Gasteiger partial charge >= 0.3 is 5.97 Å². The molecule has 144 valence electrons. The number of carboxylic acid groups (broad SMARTS) is 1. The zero-order chi connectivity index (χ0) is 20.3. The van der Waals surface area contributed by atoms with Crippen molar-refractivity contribution in [2.75, 3.05) is 0 Å². The van der Waals surface area contributed by atoms with Crippen molar-refractivity contribution in [1.29, 1.82) is 0 Å². The summed E-state index contributed by atoms with van der Waals surface area (Å²) < 4.78 is 14.8. The Morgan fingerprint density at radius 3 is 2.61 bits per heavy atom. The predicted octanol–water partition coefficient (Wildman–Crippen LogP) is 2.97. The number of aromatic nitrogens is 2. The molecule has 0 fully saturated rings. The number of carbonyl (C=O) groups excluding carboxylic acids is 1. The lowest BCUT2D eigenvalue weighted by atomic mass is 10.0. The number of aliphatic carboxylic acids is 1. The van der Waals surface area contributed by atoms with Crippen LogP contribution < -0.4 is 5.32 Å². The number of para-hydroxylation sites is 1. The third-order valence-electron chi connectivity index (χ3n) is 4.13. The van der Waals surface area contributed by atoms with E-state index in [0.29, 0.717) is 5.56 Å². The summed E-state index contributed by atoms with van der Waals surface area (Å²) in [6, 6.07) is 13.1. The highest BCUT2D eigenvalue weighted by Crippen LogP contribution is 2.22. The molecule has 3 rings (SSSR count). The molecule has 28 heavy (non-hydrogen) atoms. The van der Waals surface area contributed by atoms with E-state index in [0.717, 1.165) is 16.3 Å². The maximum Gasteiger partial charge on any atom is 0.305 e. The highest BCUT2D eigenvalue weighted by molar-refractivity contribution is 5.93. The first kappa shape index (κ1) is 19.1. The number of carboxylic acids is 1. The van der Waals surface area contributed by atoms with Crippen molar-refractivity contribution >= 4 is 11.9 Å². The predicted molar refractivity (Wildman–Crippen MR) is 98.8 cm³/mol. The standard InChI is InChI=1S/C20H18FN3O4/c1-12-5-4-6-13(9-12)15(11-19(26)27)22-20(28)16-10-18(25)24(23-16)17-8-3-2-7-14(17)21/h2-10,15,25H,11H2,1H3,(H,22,28)(H,26,27)/t15-/m0/s1. The van der Waals surface area contributed by atoms with Crippen LogP contribution in [-0.4, -0.2) is 31.9 Å². The van der Waals surface area contributed by atoms with E-state index < -0.39 is 29.6 Å². The number of hydrogen-bond acceptors (Lipinski definition) is 4. The molecule has 7 nitrogen and oxygen atoms in total. The van der Waals surface area contributed by atoms with Gasteiger partial charge in [0.2, 0.25) is 5.88 Å². The Balaban J connectivity index is 1.87. The van der Waals surface area contributed by atoms with Crippen LogP contribution in [0.2, 0.25) is 0 Å². The van der Waals surface area contributed by atoms with Gasteiger partial charge in [0.15, 0.2) is 5.69 Å². The second kappa shape index (κ2) is 7.91. The van der Waals surface area contributed by atoms with Gasteiger partial charge in [-0.15, -0.1) is 0 Å². The Kier molecular flexibility index (Phi) is 5.39. The molecule has 0 unspecified atom stereocenters. The fraction of sp³-hybridized carbons (Fsp3) is 0.150. The normalized spacial score (nSPS) is 11.8. The van der Waals surface area contributed by atoms with Gasteiger partial charge in [0, 0.05) is 6.07 Å². The summed E-state index contributed by atoms with van der Waals surface area (Å²) in [5, 5.41) is 25.8. The molecule has 8 heteroatoms. The molecule has 0 saturated carbocycles. The van der Waals surface area contributed by atoms with E-state index in [1.807, 2.05) is 13.0 Å². The van der Waals surface area contributed by atoms with Gasteiger partial charge in [0.05, 0.1) is 12.5 Å². The summed E-state index contributed by atoms with van der Waals surface area (Å²) in [6.45, 7) is 1.86. The van der Waals surface area contributed by atoms with Crippen molar-refractivity contribution in [2.45, 2.75) is 19.4 Å². The number of hydrogen-bond donors (Lipinski definition) is 3. The average Bonchev–Trinajstić information content (AvgIpc) is 3.03. The summed E-state index contributed by atoms with van der Waals surface area (Å²) >= 11 is 0. The number of amides is 1. The summed E-state index contributed by atoms with van der Waals surface area (Å²) in [6.07, 6.45) is -0.324. The van der Waals surface area contributed by atoms with Crippen molar-refractivity contribution in [3.63, 3.8) is 0 Å². The fourth-order valence-electron chi connectivity index (χ4n) is 2.83. The lowest BCUT2D eigenvalue weighted by molar-refractivity contribution is -0.137. The highest BCUT2D eigenvalue weighted by Gasteiger charge is 2.22. The second-order valence-electron chi connectivity index (χ2n) is 6.29. The second-order valence-corrected chi connectivity index (χ2v) is 6.29. The van der Waals surface area contributed by atoms with Crippen LogP contribution in [0.25, 0.3) is 5.69 Å². The molecule has 0 aliphatic carbocycles. The van der Waals surface area contributed by atoms with Crippen LogP contribution in [0, 0.1) is 12.7 Å². The van der Waals surface area contributed by atoms with Crippen molar-refractivity contribution in [2.24, 2.45) is 0 Å². The van der Waals surface area contributed by atoms with Gasteiger partial charge in [-0.3, -0.25) is 9.59 Å². The van der Waals surface area contributed by atoms with E-state index in [4.69, 9.17) is 0 Å². The quantitative estimate of drug-likeness (QED) is 0.607.